The van der Waals surface area contributed by atoms with Crippen molar-refractivity contribution >= 4 is 40.8 Å². The number of carbonyl (C=O) groups is 2. The number of hydrogen-bond donors (Lipinski definition) is 3. The van der Waals surface area contributed by atoms with Crippen LogP contribution in [0.4, 0.5) is 31.0 Å². The van der Waals surface area contributed by atoms with E-state index in [1.807, 2.05) is 0 Å². The molecule has 0 spiro atoms. The minimum atomic E-state index is -0.590. The molecule has 0 fully saturated rings. The quantitative estimate of drug-likeness (QED) is 0.661. The summed E-state index contributed by atoms with van der Waals surface area (Å²) in [5.41, 5.74) is 0.797. The first-order valence-corrected chi connectivity index (χ1v) is 8.13. The first-order chi connectivity index (χ1) is 12.1. The monoisotopic (exact) mass is 379 g/mol. The molecule has 0 aliphatic carbocycles. The van der Waals surface area contributed by atoms with Crippen LogP contribution in [-0.2, 0) is 4.74 Å². The fourth-order valence-electron chi connectivity index (χ4n) is 1.93. The molecule has 0 atom stereocenters. The summed E-state index contributed by atoms with van der Waals surface area (Å²) >= 11 is 5.67. The summed E-state index contributed by atoms with van der Waals surface area (Å²) in [5.74, 6) is -0.564. The lowest BCUT2D eigenvalue weighted by molar-refractivity contribution is 0.0636. The van der Waals surface area contributed by atoms with Crippen molar-refractivity contribution in [1.82, 2.24) is 0 Å². The molecule has 0 radical (unpaired) electrons. The van der Waals surface area contributed by atoms with E-state index in [-0.39, 0.29) is 5.02 Å². The molecule has 0 bridgehead atoms. The molecule has 3 amide bonds. The molecule has 3 N–H and O–H groups in total. The topological polar surface area (TPSA) is 79.5 Å². The Morgan fingerprint density at radius 2 is 1.42 bits per heavy atom. The van der Waals surface area contributed by atoms with Gasteiger partial charge in [-0.2, -0.15) is 0 Å². The second kappa shape index (κ2) is 8.05. The minimum absolute atomic E-state index is 0.0830. The molecule has 0 aromatic heterocycles. The van der Waals surface area contributed by atoms with Gasteiger partial charge in [-0.25, -0.2) is 14.0 Å². The molecular formula is C18H19ClFN3O3. The van der Waals surface area contributed by atoms with Gasteiger partial charge in [0.1, 0.15) is 11.4 Å². The van der Waals surface area contributed by atoms with Crippen LogP contribution in [0.1, 0.15) is 20.8 Å². The zero-order chi connectivity index (χ0) is 19.3. The Morgan fingerprint density at radius 3 is 1.96 bits per heavy atom. The summed E-state index contributed by atoms with van der Waals surface area (Å²) < 4.78 is 18.3. The first-order valence-electron chi connectivity index (χ1n) is 7.75. The maximum Gasteiger partial charge on any atom is 0.412 e. The van der Waals surface area contributed by atoms with Gasteiger partial charge in [-0.05, 0) is 63.2 Å². The van der Waals surface area contributed by atoms with Crippen LogP contribution in [0.15, 0.2) is 42.5 Å². The van der Waals surface area contributed by atoms with Gasteiger partial charge >= 0.3 is 12.1 Å². The maximum absolute atomic E-state index is 13.1. The van der Waals surface area contributed by atoms with E-state index >= 15 is 0 Å². The van der Waals surface area contributed by atoms with E-state index in [9.17, 15) is 14.0 Å². The number of benzene rings is 2. The second-order valence-corrected chi connectivity index (χ2v) is 6.82. The lowest BCUT2D eigenvalue weighted by Gasteiger charge is -2.19. The SMILES string of the molecule is CC(C)(C)OC(=O)Nc1ccc(NC(=O)Nc2ccc(F)c(Cl)c2)cc1. The van der Waals surface area contributed by atoms with Crippen molar-refractivity contribution in [1.29, 1.82) is 0 Å². The first kappa shape index (κ1) is 19.5. The number of hydrogen-bond acceptors (Lipinski definition) is 3. The normalized spacial score (nSPS) is 10.8. The van der Waals surface area contributed by atoms with Crippen molar-refractivity contribution < 1.29 is 18.7 Å². The molecule has 0 saturated carbocycles. The molecule has 0 aliphatic heterocycles. The number of rotatable bonds is 3. The van der Waals surface area contributed by atoms with E-state index in [1.54, 1.807) is 45.0 Å². The summed E-state index contributed by atoms with van der Waals surface area (Å²) in [6, 6.07) is 9.82. The number of urea groups is 1. The van der Waals surface area contributed by atoms with Gasteiger partial charge in [0.25, 0.3) is 0 Å². The third-order valence-electron chi connectivity index (χ3n) is 2.97. The Kier molecular flexibility index (Phi) is 6.05. The fourth-order valence-corrected chi connectivity index (χ4v) is 2.11. The summed E-state index contributed by atoms with van der Waals surface area (Å²) in [6.07, 6.45) is -0.566. The number of anilines is 3. The molecular weight excluding hydrogens is 361 g/mol. The van der Waals surface area contributed by atoms with Gasteiger partial charge in [0.2, 0.25) is 0 Å². The van der Waals surface area contributed by atoms with Crippen LogP contribution >= 0.6 is 11.6 Å². The van der Waals surface area contributed by atoms with Crippen LogP contribution in [0.2, 0.25) is 5.02 Å². The predicted molar refractivity (Wildman–Crippen MR) is 100 cm³/mol. The summed E-state index contributed by atoms with van der Waals surface area (Å²) in [6.45, 7) is 5.31. The molecule has 0 saturated heterocycles. The van der Waals surface area contributed by atoms with Crippen molar-refractivity contribution in [3.05, 3.63) is 53.3 Å². The molecule has 0 unspecified atom stereocenters. The van der Waals surface area contributed by atoms with Gasteiger partial charge in [0.05, 0.1) is 5.02 Å². The fraction of sp³-hybridized carbons (Fsp3) is 0.222. The van der Waals surface area contributed by atoms with Crippen molar-refractivity contribution in [3.8, 4) is 0 Å². The van der Waals surface area contributed by atoms with E-state index in [0.717, 1.165) is 6.07 Å². The van der Waals surface area contributed by atoms with E-state index in [4.69, 9.17) is 16.3 Å². The van der Waals surface area contributed by atoms with Gasteiger partial charge in [0.15, 0.2) is 0 Å². The van der Waals surface area contributed by atoms with E-state index in [1.165, 1.54) is 12.1 Å². The minimum Gasteiger partial charge on any atom is -0.444 e. The van der Waals surface area contributed by atoms with E-state index in [0.29, 0.717) is 17.1 Å². The smallest absolute Gasteiger partial charge is 0.412 e. The van der Waals surface area contributed by atoms with Gasteiger partial charge in [-0.3, -0.25) is 5.32 Å². The average Bonchev–Trinajstić information content (AvgIpc) is 2.51. The van der Waals surface area contributed by atoms with E-state index < -0.39 is 23.5 Å². The van der Waals surface area contributed by atoms with Gasteiger partial charge in [-0.1, -0.05) is 11.6 Å². The summed E-state index contributed by atoms with van der Waals surface area (Å²) in [5, 5.41) is 7.66. The zero-order valence-corrected chi connectivity index (χ0v) is 15.3. The third kappa shape index (κ3) is 6.25. The standard InChI is InChI=1S/C18H19ClFN3O3/c1-18(2,3)26-17(25)23-12-6-4-11(5-7-12)21-16(24)22-13-8-9-15(20)14(19)10-13/h4-10H,1-3H3,(H,23,25)(H2,21,22,24). The van der Waals surface area contributed by atoms with Crippen LogP contribution < -0.4 is 16.0 Å². The average molecular weight is 380 g/mol. The Bertz CT molecular complexity index is 804. The highest BCUT2D eigenvalue weighted by Crippen LogP contribution is 2.20. The molecule has 26 heavy (non-hydrogen) atoms. The van der Waals surface area contributed by atoms with Crippen molar-refractivity contribution in [3.63, 3.8) is 0 Å². The van der Waals surface area contributed by atoms with Crippen molar-refractivity contribution in [2.24, 2.45) is 0 Å². The maximum atomic E-state index is 13.1. The molecule has 0 heterocycles. The third-order valence-corrected chi connectivity index (χ3v) is 3.26. The van der Waals surface area contributed by atoms with Crippen LogP contribution in [0.5, 0.6) is 0 Å². The molecule has 0 aliphatic rings. The Morgan fingerprint density at radius 1 is 0.923 bits per heavy atom. The Hall–Kier alpha value is -2.80. The van der Waals surface area contributed by atoms with Gasteiger partial charge in [-0.15, -0.1) is 0 Å². The molecule has 6 nitrogen and oxygen atoms in total. The summed E-state index contributed by atoms with van der Waals surface area (Å²) in [4.78, 5) is 23.6. The number of carbonyl (C=O) groups excluding carboxylic acids is 2. The molecule has 8 heteroatoms. The van der Waals surface area contributed by atoms with Crippen LogP contribution in [0, 0.1) is 5.82 Å². The highest BCUT2D eigenvalue weighted by molar-refractivity contribution is 6.31. The van der Waals surface area contributed by atoms with E-state index in [2.05, 4.69) is 16.0 Å². The van der Waals surface area contributed by atoms with Crippen molar-refractivity contribution in [2.45, 2.75) is 26.4 Å². The molecule has 2 rings (SSSR count). The number of nitrogens with one attached hydrogen (secondary N) is 3. The van der Waals surface area contributed by atoms with Crippen LogP contribution in [0.3, 0.4) is 0 Å². The van der Waals surface area contributed by atoms with Crippen LogP contribution in [-0.4, -0.2) is 17.7 Å². The Balaban J connectivity index is 1.90. The number of halogens is 2. The molecule has 138 valence electrons. The highest BCUT2D eigenvalue weighted by Gasteiger charge is 2.16. The second-order valence-electron chi connectivity index (χ2n) is 6.41. The van der Waals surface area contributed by atoms with Gasteiger partial charge in [0, 0.05) is 17.1 Å². The lowest BCUT2D eigenvalue weighted by atomic mass is 10.2. The van der Waals surface area contributed by atoms with Gasteiger partial charge < -0.3 is 15.4 Å². The zero-order valence-electron chi connectivity index (χ0n) is 14.5. The number of amides is 3. The van der Waals surface area contributed by atoms with Crippen molar-refractivity contribution in [2.75, 3.05) is 16.0 Å². The molecule has 2 aromatic carbocycles. The number of ether oxygens (including phenoxy) is 1. The largest absolute Gasteiger partial charge is 0.444 e. The lowest BCUT2D eigenvalue weighted by Crippen LogP contribution is -2.27. The Labute approximate surface area is 155 Å². The predicted octanol–water partition coefficient (Wildman–Crippen LogP) is 5.47. The van der Waals surface area contributed by atoms with Crippen LogP contribution in [0.25, 0.3) is 0 Å². The molecule has 2 aromatic rings. The summed E-state index contributed by atoms with van der Waals surface area (Å²) in [7, 11) is 0. The highest BCUT2D eigenvalue weighted by atomic mass is 35.5.